The Morgan fingerprint density at radius 1 is 1.50 bits per heavy atom. The van der Waals surface area contributed by atoms with E-state index in [-0.39, 0.29) is 0 Å². The minimum atomic E-state index is 0.497. The lowest BCUT2D eigenvalue weighted by molar-refractivity contribution is 1.12. The first-order valence-corrected chi connectivity index (χ1v) is 4.96. The number of hydrogen-bond acceptors (Lipinski definition) is 3. The Balaban J connectivity index is 2.44. The molecule has 0 aliphatic carbocycles. The van der Waals surface area contributed by atoms with Crippen LogP contribution in [0.25, 0.3) is 0 Å². The molecule has 3 heteroatoms. The molecular formula is C9H8N2S. The number of nitriles is 1. The molecule has 0 saturated heterocycles. The molecule has 0 N–H and O–H groups in total. The highest BCUT2D eigenvalue weighted by atomic mass is 32.2. The van der Waals surface area contributed by atoms with Crippen molar-refractivity contribution in [2.45, 2.75) is 17.9 Å². The number of rotatable bonds is 1. The van der Waals surface area contributed by atoms with Crippen LogP contribution in [-0.4, -0.2) is 4.98 Å². The fourth-order valence-electron chi connectivity index (χ4n) is 1.39. The molecule has 0 amide bonds. The first kappa shape index (κ1) is 7.63. The van der Waals surface area contributed by atoms with Gasteiger partial charge in [-0.25, -0.2) is 0 Å². The van der Waals surface area contributed by atoms with Crippen LogP contribution in [0, 0.1) is 11.3 Å². The van der Waals surface area contributed by atoms with Crippen LogP contribution in [0.15, 0.2) is 12.4 Å². The van der Waals surface area contributed by atoms with Crippen molar-refractivity contribution in [2.75, 3.05) is 0 Å². The summed E-state index contributed by atoms with van der Waals surface area (Å²) in [6.45, 7) is 0. The Morgan fingerprint density at radius 3 is 3.25 bits per heavy atom. The van der Waals surface area contributed by atoms with E-state index in [1.165, 1.54) is 11.1 Å². The van der Waals surface area contributed by atoms with Gasteiger partial charge in [0.15, 0.2) is 0 Å². The van der Waals surface area contributed by atoms with Gasteiger partial charge in [0.25, 0.3) is 0 Å². The third kappa shape index (κ3) is 1.19. The third-order valence-electron chi connectivity index (χ3n) is 2.01. The lowest BCUT2D eigenvalue weighted by Gasteiger charge is -2.01. The SMILES string of the molecule is N#CCc1cncc2c1CSC2. The third-order valence-corrected chi connectivity index (χ3v) is 3.02. The van der Waals surface area contributed by atoms with E-state index >= 15 is 0 Å². The van der Waals surface area contributed by atoms with Crippen molar-refractivity contribution < 1.29 is 0 Å². The molecule has 0 atom stereocenters. The summed E-state index contributed by atoms with van der Waals surface area (Å²) in [5.74, 6) is 2.11. The Kier molecular flexibility index (Phi) is 2.01. The van der Waals surface area contributed by atoms with Crippen LogP contribution >= 0.6 is 11.8 Å². The summed E-state index contributed by atoms with van der Waals surface area (Å²) in [6, 6.07) is 2.16. The van der Waals surface area contributed by atoms with Crippen LogP contribution in [-0.2, 0) is 17.9 Å². The fraction of sp³-hybridized carbons (Fsp3) is 0.333. The predicted octanol–water partition coefficient (Wildman–Crippen LogP) is 1.89. The summed E-state index contributed by atoms with van der Waals surface area (Å²) in [4.78, 5) is 4.11. The van der Waals surface area contributed by atoms with Gasteiger partial charge in [0.05, 0.1) is 12.5 Å². The zero-order valence-electron chi connectivity index (χ0n) is 6.58. The molecule has 1 aliphatic rings. The second kappa shape index (κ2) is 3.16. The van der Waals surface area contributed by atoms with Gasteiger partial charge in [-0.1, -0.05) is 0 Å². The summed E-state index contributed by atoms with van der Waals surface area (Å²) in [5, 5.41) is 8.57. The van der Waals surface area contributed by atoms with Gasteiger partial charge in [-0.2, -0.15) is 17.0 Å². The van der Waals surface area contributed by atoms with Crippen molar-refractivity contribution >= 4 is 11.8 Å². The maximum atomic E-state index is 8.57. The Hall–Kier alpha value is -1.01. The van der Waals surface area contributed by atoms with Crippen molar-refractivity contribution in [2.24, 2.45) is 0 Å². The zero-order chi connectivity index (χ0) is 8.39. The smallest absolute Gasteiger partial charge is 0.0670 e. The molecule has 12 heavy (non-hydrogen) atoms. The molecule has 1 aromatic heterocycles. The van der Waals surface area contributed by atoms with Gasteiger partial charge in [0.1, 0.15) is 0 Å². The minimum absolute atomic E-state index is 0.497. The van der Waals surface area contributed by atoms with Crippen molar-refractivity contribution in [3.63, 3.8) is 0 Å². The Morgan fingerprint density at radius 2 is 2.42 bits per heavy atom. The normalized spacial score (nSPS) is 13.9. The van der Waals surface area contributed by atoms with E-state index in [1.54, 1.807) is 0 Å². The second-order valence-electron chi connectivity index (χ2n) is 2.76. The highest BCUT2D eigenvalue weighted by molar-refractivity contribution is 7.98. The van der Waals surface area contributed by atoms with Crippen molar-refractivity contribution in [3.8, 4) is 6.07 Å². The fourth-order valence-corrected chi connectivity index (χ4v) is 2.54. The molecule has 2 nitrogen and oxygen atoms in total. The predicted molar refractivity (Wildman–Crippen MR) is 48.6 cm³/mol. The number of thioether (sulfide) groups is 1. The molecule has 60 valence electrons. The van der Waals surface area contributed by atoms with Crippen LogP contribution in [0.1, 0.15) is 16.7 Å². The van der Waals surface area contributed by atoms with Crippen molar-refractivity contribution in [1.82, 2.24) is 4.98 Å². The first-order chi connectivity index (χ1) is 5.92. The lowest BCUT2D eigenvalue weighted by atomic mass is 10.1. The molecule has 0 spiro atoms. The number of pyridine rings is 1. The summed E-state index contributed by atoms with van der Waals surface area (Å²) in [7, 11) is 0. The number of hydrogen-bond donors (Lipinski definition) is 0. The maximum absolute atomic E-state index is 8.57. The van der Waals surface area contributed by atoms with E-state index in [0.29, 0.717) is 6.42 Å². The molecule has 0 radical (unpaired) electrons. The van der Waals surface area contributed by atoms with Crippen molar-refractivity contribution in [1.29, 1.82) is 5.26 Å². The van der Waals surface area contributed by atoms with E-state index in [9.17, 15) is 0 Å². The maximum Gasteiger partial charge on any atom is 0.0670 e. The molecule has 1 aliphatic heterocycles. The van der Waals surface area contributed by atoms with Crippen LogP contribution in [0.5, 0.6) is 0 Å². The number of fused-ring (bicyclic) bond motifs is 1. The molecule has 0 aromatic carbocycles. The molecule has 0 fully saturated rings. The molecule has 2 heterocycles. The standard InChI is InChI=1S/C9H8N2S/c10-2-1-7-3-11-4-8-5-12-6-9(7)8/h3-4H,1,5-6H2. The van der Waals surface area contributed by atoms with Crippen LogP contribution < -0.4 is 0 Å². The molecule has 2 rings (SSSR count). The largest absolute Gasteiger partial charge is 0.264 e. The van der Waals surface area contributed by atoms with Gasteiger partial charge in [-0.15, -0.1) is 0 Å². The van der Waals surface area contributed by atoms with Gasteiger partial charge < -0.3 is 0 Å². The van der Waals surface area contributed by atoms with Crippen molar-refractivity contribution in [3.05, 3.63) is 29.1 Å². The summed E-state index contributed by atoms with van der Waals surface area (Å²) in [5.41, 5.74) is 3.77. The highest BCUT2D eigenvalue weighted by Gasteiger charge is 2.14. The average molecular weight is 176 g/mol. The van der Waals surface area contributed by atoms with E-state index in [0.717, 1.165) is 17.1 Å². The van der Waals surface area contributed by atoms with Crippen LogP contribution in [0.3, 0.4) is 0 Å². The molecule has 1 aromatic rings. The van der Waals surface area contributed by atoms with Gasteiger partial charge in [0.2, 0.25) is 0 Å². The summed E-state index contributed by atoms with van der Waals surface area (Å²) < 4.78 is 0. The molecule has 0 bridgehead atoms. The highest BCUT2D eigenvalue weighted by Crippen LogP contribution is 2.31. The molecule has 0 unspecified atom stereocenters. The first-order valence-electron chi connectivity index (χ1n) is 3.81. The zero-order valence-corrected chi connectivity index (χ0v) is 7.40. The van der Waals surface area contributed by atoms with Crippen LogP contribution in [0.2, 0.25) is 0 Å². The van der Waals surface area contributed by atoms with E-state index in [4.69, 9.17) is 5.26 Å². The Labute approximate surface area is 75.6 Å². The van der Waals surface area contributed by atoms with Gasteiger partial charge in [-0.05, 0) is 16.7 Å². The topological polar surface area (TPSA) is 36.7 Å². The molecular weight excluding hydrogens is 168 g/mol. The van der Waals surface area contributed by atoms with E-state index in [2.05, 4.69) is 11.1 Å². The van der Waals surface area contributed by atoms with E-state index < -0.39 is 0 Å². The monoisotopic (exact) mass is 176 g/mol. The molecule has 0 saturated carbocycles. The second-order valence-corrected chi connectivity index (χ2v) is 3.75. The van der Waals surface area contributed by atoms with Gasteiger partial charge >= 0.3 is 0 Å². The summed E-state index contributed by atoms with van der Waals surface area (Å²) in [6.07, 6.45) is 4.22. The van der Waals surface area contributed by atoms with E-state index in [1.807, 2.05) is 24.2 Å². The lowest BCUT2D eigenvalue weighted by Crippen LogP contribution is -1.93. The van der Waals surface area contributed by atoms with Crippen LogP contribution in [0.4, 0.5) is 0 Å². The van der Waals surface area contributed by atoms with Gasteiger partial charge in [-0.3, -0.25) is 4.98 Å². The minimum Gasteiger partial charge on any atom is -0.264 e. The number of nitrogens with zero attached hydrogens (tertiary/aromatic N) is 2. The average Bonchev–Trinajstić information content (AvgIpc) is 2.53. The van der Waals surface area contributed by atoms with Gasteiger partial charge in [0, 0.05) is 23.9 Å². The number of aromatic nitrogens is 1. The summed E-state index contributed by atoms with van der Waals surface area (Å²) >= 11 is 1.89. The quantitative estimate of drug-likeness (QED) is 0.655. The Bertz CT molecular complexity index is 341.